The van der Waals surface area contributed by atoms with Crippen LogP contribution in [0.5, 0.6) is 5.75 Å². The van der Waals surface area contributed by atoms with Gasteiger partial charge in [-0.05, 0) is 31.5 Å². The molecular formula is C11H13BrFNO. The number of phenolic OH excluding ortho intramolecular Hbond substituents is 1. The van der Waals surface area contributed by atoms with Crippen molar-refractivity contribution in [2.45, 2.75) is 19.3 Å². The third-order valence-electron chi connectivity index (χ3n) is 2.97. The third kappa shape index (κ3) is 1.88. The smallest absolute Gasteiger partial charge is 0.166 e. The largest absolute Gasteiger partial charge is 0.505 e. The molecule has 1 aromatic rings. The maximum Gasteiger partial charge on any atom is 0.166 e. The second kappa shape index (κ2) is 4.10. The molecule has 0 spiro atoms. The standard InChI is InChI=1S/C11H13BrFNO/c1-6-8(12)4-9(13)11(15)10(6)7-2-3-14-5-7/h4,7,14-15H,2-3,5H2,1H3. The number of aromatic hydroxyl groups is 1. The molecule has 0 saturated carbocycles. The molecule has 0 aromatic heterocycles. The number of benzene rings is 1. The molecule has 1 fully saturated rings. The van der Waals surface area contributed by atoms with Gasteiger partial charge in [0.1, 0.15) is 0 Å². The lowest BCUT2D eigenvalue weighted by atomic mass is 9.93. The van der Waals surface area contributed by atoms with Gasteiger partial charge in [-0.3, -0.25) is 0 Å². The molecule has 0 radical (unpaired) electrons. The lowest BCUT2D eigenvalue weighted by molar-refractivity contribution is 0.420. The Labute approximate surface area is 96.6 Å². The zero-order valence-corrected chi connectivity index (χ0v) is 10.1. The Hall–Kier alpha value is -0.610. The van der Waals surface area contributed by atoms with Gasteiger partial charge in [0, 0.05) is 22.5 Å². The quantitative estimate of drug-likeness (QED) is 0.825. The molecule has 4 heteroatoms. The molecule has 1 aliphatic rings. The van der Waals surface area contributed by atoms with Crippen molar-refractivity contribution in [3.63, 3.8) is 0 Å². The van der Waals surface area contributed by atoms with Crippen LogP contribution >= 0.6 is 15.9 Å². The Morgan fingerprint density at radius 1 is 1.60 bits per heavy atom. The van der Waals surface area contributed by atoms with Crippen LogP contribution in [-0.2, 0) is 0 Å². The summed E-state index contributed by atoms with van der Waals surface area (Å²) in [5.74, 6) is -0.518. The fourth-order valence-electron chi connectivity index (χ4n) is 2.12. The molecule has 1 atom stereocenters. The molecule has 1 unspecified atom stereocenters. The number of phenols is 1. The van der Waals surface area contributed by atoms with Crippen LogP contribution in [0.15, 0.2) is 10.5 Å². The van der Waals surface area contributed by atoms with Gasteiger partial charge in [0.15, 0.2) is 11.6 Å². The van der Waals surface area contributed by atoms with Crippen LogP contribution in [0.3, 0.4) is 0 Å². The van der Waals surface area contributed by atoms with E-state index in [2.05, 4.69) is 21.2 Å². The van der Waals surface area contributed by atoms with Crippen molar-refractivity contribution in [3.05, 3.63) is 27.5 Å². The SMILES string of the molecule is Cc1c(Br)cc(F)c(O)c1C1CCNC1. The first-order chi connectivity index (χ1) is 7.11. The van der Waals surface area contributed by atoms with Crippen LogP contribution in [0, 0.1) is 12.7 Å². The average Bonchev–Trinajstić information content (AvgIpc) is 2.69. The van der Waals surface area contributed by atoms with E-state index < -0.39 is 5.82 Å². The number of hydrogen-bond donors (Lipinski definition) is 2. The van der Waals surface area contributed by atoms with Crippen LogP contribution in [0.1, 0.15) is 23.5 Å². The fourth-order valence-corrected chi connectivity index (χ4v) is 2.54. The molecule has 2 N–H and O–H groups in total. The summed E-state index contributed by atoms with van der Waals surface area (Å²) in [4.78, 5) is 0. The summed E-state index contributed by atoms with van der Waals surface area (Å²) in [6, 6.07) is 1.32. The minimum atomic E-state index is -0.547. The van der Waals surface area contributed by atoms with E-state index in [0.29, 0.717) is 0 Å². The highest BCUT2D eigenvalue weighted by molar-refractivity contribution is 9.10. The summed E-state index contributed by atoms with van der Waals surface area (Å²) >= 11 is 3.31. The lowest BCUT2D eigenvalue weighted by Crippen LogP contribution is -2.09. The van der Waals surface area contributed by atoms with Gasteiger partial charge in [-0.15, -0.1) is 0 Å². The Morgan fingerprint density at radius 2 is 2.33 bits per heavy atom. The van der Waals surface area contributed by atoms with E-state index in [-0.39, 0.29) is 11.7 Å². The molecule has 2 nitrogen and oxygen atoms in total. The lowest BCUT2D eigenvalue weighted by Gasteiger charge is -2.16. The van der Waals surface area contributed by atoms with E-state index in [0.717, 1.165) is 35.1 Å². The predicted octanol–water partition coefficient (Wildman–Crippen LogP) is 2.68. The molecule has 15 heavy (non-hydrogen) atoms. The van der Waals surface area contributed by atoms with Gasteiger partial charge in [0.2, 0.25) is 0 Å². The van der Waals surface area contributed by atoms with Gasteiger partial charge < -0.3 is 10.4 Å². The summed E-state index contributed by atoms with van der Waals surface area (Å²) in [5.41, 5.74) is 1.68. The summed E-state index contributed by atoms with van der Waals surface area (Å²) in [6.45, 7) is 3.64. The molecule has 1 heterocycles. The summed E-state index contributed by atoms with van der Waals surface area (Å²) in [5, 5.41) is 13.0. The molecule has 0 amide bonds. The van der Waals surface area contributed by atoms with Crippen molar-refractivity contribution in [2.24, 2.45) is 0 Å². The van der Waals surface area contributed by atoms with Gasteiger partial charge in [0.25, 0.3) is 0 Å². The molecule has 82 valence electrons. The minimum absolute atomic E-state index is 0.190. The maximum absolute atomic E-state index is 13.4. The summed E-state index contributed by atoms with van der Waals surface area (Å²) in [7, 11) is 0. The van der Waals surface area contributed by atoms with Gasteiger partial charge in [0.05, 0.1) is 0 Å². The van der Waals surface area contributed by atoms with Crippen molar-refractivity contribution in [1.29, 1.82) is 0 Å². The van der Waals surface area contributed by atoms with Gasteiger partial charge >= 0.3 is 0 Å². The summed E-state index contributed by atoms with van der Waals surface area (Å²) in [6.07, 6.45) is 0.949. The Morgan fingerprint density at radius 3 is 2.93 bits per heavy atom. The van der Waals surface area contributed by atoms with Crippen LogP contribution in [0.25, 0.3) is 0 Å². The van der Waals surface area contributed by atoms with Crippen molar-refractivity contribution in [2.75, 3.05) is 13.1 Å². The highest BCUT2D eigenvalue weighted by Gasteiger charge is 2.24. The molecule has 0 aliphatic carbocycles. The topological polar surface area (TPSA) is 32.3 Å². The van der Waals surface area contributed by atoms with Gasteiger partial charge in [-0.25, -0.2) is 4.39 Å². The van der Waals surface area contributed by atoms with E-state index in [1.165, 1.54) is 6.07 Å². The number of halogens is 2. The second-order valence-electron chi connectivity index (χ2n) is 3.92. The Balaban J connectivity index is 2.52. The predicted molar refractivity (Wildman–Crippen MR) is 60.7 cm³/mol. The first-order valence-electron chi connectivity index (χ1n) is 4.99. The van der Waals surface area contributed by atoms with E-state index >= 15 is 0 Å². The Bertz CT molecular complexity index is 362. The Kier molecular flexibility index (Phi) is 2.98. The first-order valence-corrected chi connectivity index (χ1v) is 5.78. The van der Waals surface area contributed by atoms with E-state index in [1.54, 1.807) is 0 Å². The highest BCUT2D eigenvalue weighted by atomic mass is 79.9. The van der Waals surface area contributed by atoms with Gasteiger partial charge in [-0.2, -0.15) is 0 Å². The van der Waals surface area contributed by atoms with Crippen LogP contribution in [0.4, 0.5) is 4.39 Å². The monoisotopic (exact) mass is 273 g/mol. The van der Waals surface area contributed by atoms with Crippen molar-refractivity contribution in [3.8, 4) is 5.75 Å². The number of nitrogens with one attached hydrogen (secondary N) is 1. The first kappa shape index (κ1) is 10.9. The van der Waals surface area contributed by atoms with Crippen LogP contribution < -0.4 is 5.32 Å². The van der Waals surface area contributed by atoms with E-state index in [4.69, 9.17) is 0 Å². The van der Waals surface area contributed by atoms with Crippen LogP contribution in [0.2, 0.25) is 0 Å². The zero-order valence-electron chi connectivity index (χ0n) is 8.48. The van der Waals surface area contributed by atoms with Crippen molar-refractivity contribution >= 4 is 15.9 Å². The van der Waals surface area contributed by atoms with E-state index in [1.807, 2.05) is 6.92 Å². The molecule has 2 rings (SSSR count). The number of hydrogen-bond acceptors (Lipinski definition) is 2. The summed E-state index contributed by atoms with van der Waals surface area (Å²) < 4.78 is 14.1. The van der Waals surface area contributed by atoms with Crippen LogP contribution in [-0.4, -0.2) is 18.2 Å². The minimum Gasteiger partial charge on any atom is -0.505 e. The molecule has 1 saturated heterocycles. The fraction of sp³-hybridized carbons (Fsp3) is 0.455. The normalized spacial score (nSPS) is 20.9. The average molecular weight is 274 g/mol. The highest BCUT2D eigenvalue weighted by Crippen LogP contribution is 2.38. The van der Waals surface area contributed by atoms with Gasteiger partial charge in [-0.1, -0.05) is 15.9 Å². The third-order valence-corrected chi connectivity index (χ3v) is 3.79. The van der Waals surface area contributed by atoms with Crippen molar-refractivity contribution < 1.29 is 9.50 Å². The number of rotatable bonds is 1. The second-order valence-corrected chi connectivity index (χ2v) is 4.77. The zero-order chi connectivity index (χ0) is 11.0. The maximum atomic E-state index is 13.4. The van der Waals surface area contributed by atoms with E-state index in [9.17, 15) is 9.50 Å². The molecular weight excluding hydrogens is 261 g/mol. The molecule has 1 aromatic carbocycles. The molecule has 0 bridgehead atoms. The van der Waals surface area contributed by atoms with Crippen molar-refractivity contribution in [1.82, 2.24) is 5.32 Å². The molecule has 1 aliphatic heterocycles.